The fraction of sp³-hybridized carbons (Fsp3) is 0. The van der Waals surface area contributed by atoms with Crippen molar-refractivity contribution in [2.75, 3.05) is 4.90 Å². The Morgan fingerprint density at radius 2 is 1.65 bits per heavy atom. The molecule has 10 heteroatoms. The molecule has 4 amide bonds. The molecule has 1 fully saturated rings. The Labute approximate surface area is 215 Å². The van der Waals surface area contributed by atoms with Gasteiger partial charge in [0.05, 0.1) is 15.7 Å². The van der Waals surface area contributed by atoms with Gasteiger partial charge < -0.3 is 4.74 Å². The van der Waals surface area contributed by atoms with Crippen molar-refractivity contribution in [3.8, 4) is 5.75 Å². The quantitative estimate of drug-likeness (QED) is 0.177. The van der Waals surface area contributed by atoms with Crippen LogP contribution in [0.15, 0.2) is 81.2 Å². The third kappa shape index (κ3) is 4.96. The third-order valence-corrected chi connectivity index (χ3v) is 6.03. The minimum atomic E-state index is -0.888. The van der Waals surface area contributed by atoms with E-state index in [9.17, 15) is 19.2 Å². The molecule has 0 spiro atoms. The molecule has 0 radical (unpaired) electrons. The Hall–Kier alpha value is -3.27. The summed E-state index contributed by atoms with van der Waals surface area (Å²) in [5.41, 5.74) is 0.490. The zero-order valence-electron chi connectivity index (χ0n) is 17.1. The highest BCUT2D eigenvalue weighted by Gasteiger charge is 2.37. The van der Waals surface area contributed by atoms with E-state index in [0.29, 0.717) is 19.5 Å². The van der Waals surface area contributed by atoms with Gasteiger partial charge >= 0.3 is 12.0 Å². The summed E-state index contributed by atoms with van der Waals surface area (Å²) in [6.45, 7) is 0. The van der Waals surface area contributed by atoms with Crippen LogP contribution >= 0.6 is 43.5 Å². The highest BCUT2D eigenvalue weighted by atomic mass is 79.9. The molecule has 7 nitrogen and oxygen atoms in total. The average Bonchev–Trinajstić information content (AvgIpc) is 2.80. The first kappa shape index (κ1) is 23.9. The molecule has 0 unspecified atom stereocenters. The van der Waals surface area contributed by atoms with Crippen LogP contribution in [0.25, 0.3) is 6.08 Å². The minimum absolute atomic E-state index is 0.0973. The van der Waals surface area contributed by atoms with Gasteiger partial charge in [-0.1, -0.05) is 45.7 Å². The predicted molar refractivity (Wildman–Crippen MR) is 134 cm³/mol. The number of hydrogen-bond donors (Lipinski definition) is 1. The molecule has 4 rings (SSSR count). The number of benzene rings is 3. The first-order valence-corrected chi connectivity index (χ1v) is 11.6. The summed E-state index contributed by atoms with van der Waals surface area (Å²) in [6.07, 6.45) is 1.26. The van der Waals surface area contributed by atoms with Crippen LogP contribution in [0.1, 0.15) is 15.9 Å². The molecule has 1 aliphatic heterocycles. The van der Waals surface area contributed by atoms with Crippen molar-refractivity contribution < 1.29 is 23.9 Å². The SMILES string of the molecule is O=C1NC(=O)N(c2ccc(Cl)cc2)C(=O)/C1=C\c1cc(Br)cc(Br)c1OC(=O)c1ccccc1. The molecule has 3 aromatic rings. The Morgan fingerprint density at radius 3 is 2.32 bits per heavy atom. The second-order valence-corrected chi connectivity index (χ2v) is 9.20. The molecule has 1 saturated heterocycles. The Morgan fingerprint density at radius 1 is 0.971 bits per heavy atom. The number of amides is 4. The van der Waals surface area contributed by atoms with Crippen molar-refractivity contribution in [1.82, 2.24) is 5.32 Å². The highest BCUT2D eigenvalue weighted by Crippen LogP contribution is 2.35. The molecular weight excluding hydrogens is 592 g/mol. The van der Waals surface area contributed by atoms with Crippen LogP contribution in [-0.2, 0) is 9.59 Å². The lowest BCUT2D eigenvalue weighted by molar-refractivity contribution is -0.122. The fourth-order valence-electron chi connectivity index (χ4n) is 3.16. The van der Waals surface area contributed by atoms with Gasteiger partial charge in [0, 0.05) is 15.1 Å². The highest BCUT2D eigenvalue weighted by molar-refractivity contribution is 9.11. The van der Waals surface area contributed by atoms with Crippen molar-refractivity contribution in [2.24, 2.45) is 0 Å². The summed E-state index contributed by atoms with van der Waals surface area (Å²) >= 11 is 12.6. The number of halogens is 3. The second kappa shape index (κ2) is 9.92. The van der Waals surface area contributed by atoms with E-state index >= 15 is 0 Å². The number of anilines is 1. The normalized spacial score (nSPS) is 14.9. The molecule has 1 heterocycles. The van der Waals surface area contributed by atoms with Gasteiger partial charge in [0.25, 0.3) is 11.8 Å². The molecule has 1 aliphatic rings. The number of ether oxygens (including phenoxy) is 1. The molecule has 0 bridgehead atoms. The maximum atomic E-state index is 13.2. The van der Waals surface area contributed by atoms with Crippen molar-refractivity contribution in [3.05, 3.63) is 97.4 Å². The van der Waals surface area contributed by atoms with Crippen molar-refractivity contribution in [1.29, 1.82) is 0 Å². The first-order chi connectivity index (χ1) is 16.2. The summed E-state index contributed by atoms with van der Waals surface area (Å²) in [5.74, 6) is -2.25. The monoisotopic (exact) mass is 602 g/mol. The van der Waals surface area contributed by atoms with Gasteiger partial charge in [-0.2, -0.15) is 0 Å². The first-order valence-electron chi connectivity index (χ1n) is 9.68. The number of urea groups is 1. The summed E-state index contributed by atoms with van der Waals surface area (Å²) < 4.78 is 6.59. The smallest absolute Gasteiger partial charge is 0.343 e. The van der Waals surface area contributed by atoms with E-state index in [0.717, 1.165) is 4.90 Å². The Bertz CT molecular complexity index is 1360. The van der Waals surface area contributed by atoms with Crippen LogP contribution in [0.2, 0.25) is 5.02 Å². The maximum Gasteiger partial charge on any atom is 0.343 e. The summed E-state index contributed by atoms with van der Waals surface area (Å²) in [7, 11) is 0. The number of nitrogens with one attached hydrogen (secondary N) is 1. The molecule has 1 N–H and O–H groups in total. The van der Waals surface area contributed by atoms with E-state index in [1.807, 2.05) is 0 Å². The topological polar surface area (TPSA) is 92.8 Å². The number of carbonyl (C=O) groups is 4. The Balaban J connectivity index is 1.75. The number of esters is 1. The van der Waals surface area contributed by atoms with Crippen molar-refractivity contribution in [2.45, 2.75) is 0 Å². The lowest BCUT2D eigenvalue weighted by Crippen LogP contribution is -2.54. The Kier molecular flexibility index (Phi) is 6.97. The molecule has 34 heavy (non-hydrogen) atoms. The third-order valence-electron chi connectivity index (χ3n) is 4.73. The van der Waals surface area contributed by atoms with Gasteiger partial charge in [-0.3, -0.25) is 14.9 Å². The van der Waals surface area contributed by atoms with E-state index in [1.165, 1.54) is 30.3 Å². The summed E-state index contributed by atoms with van der Waals surface area (Å²) in [6, 6.07) is 16.7. The average molecular weight is 605 g/mol. The molecule has 170 valence electrons. The van der Waals surface area contributed by atoms with Gasteiger partial charge in [-0.05, 0) is 70.5 Å². The lowest BCUT2D eigenvalue weighted by Gasteiger charge is -2.26. The van der Waals surface area contributed by atoms with Crippen molar-refractivity contribution >= 4 is 79.0 Å². The van der Waals surface area contributed by atoms with Crippen LogP contribution in [0.4, 0.5) is 10.5 Å². The van der Waals surface area contributed by atoms with Gasteiger partial charge in [0.1, 0.15) is 5.57 Å². The van der Waals surface area contributed by atoms with E-state index in [-0.39, 0.29) is 22.6 Å². The number of nitrogens with zero attached hydrogens (tertiary/aromatic N) is 1. The van der Waals surface area contributed by atoms with E-state index < -0.39 is 23.8 Å². The number of hydrogen-bond acceptors (Lipinski definition) is 5. The van der Waals surface area contributed by atoms with Crippen LogP contribution in [0.5, 0.6) is 5.75 Å². The van der Waals surface area contributed by atoms with E-state index in [2.05, 4.69) is 37.2 Å². The van der Waals surface area contributed by atoms with Crippen LogP contribution in [0, 0.1) is 0 Å². The molecule has 0 aromatic heterocycles. The predicted octanol–water partition coefficient (Wildman–Crippen LogP) is 5.75. The van der Waals surface area contributed by atoms with Gasteiger partial charge in [-0.25, -0.2) is 14.5 Å². The molecule has 0 aliphatic carbocycles. The summed E-state index contributed by atoms with van der Waals surface area (Å²) in [4.78, 5) is 51.6. The largest absolute Gasteiger partial charge is 0.421 e. The molecule has 0 atom stereocenters. The van der Waals surface area contributed by atoms with Crippen LogP contribution < -0.4 is 15.0 Å². The lowest BCUT2D eigenvalue weighted by atomic mass is 10.1. The zero-order chi connectivity index (χ0) is 24.4. The molecule has 0 saturated carbocycles. The summed E-state index contributed by atoms with van der Waals surface area (Å²) in [5, 5.41) is 2.57. The number of carbonyl (C=O) groups excluding carboxylic acids is 4. The zero-order valence-corrected chi connectivity index (χ0v) is 21.0. The minimum Gasteiger partial charge on any atom is -0.421 e. The number of rotatable bonds is 4. The van der Waals surface area contributed by atoms with Crippen LogP contribution in [0.3, 0.4) is 0 Å². The van der Waals surface area contributed by atoms with Gasteiger partial charge in [0.2, 0.25) is 0 Å². The molecule has 3 aromatic carbocycles. The van der Waals surface area contributed by atoms with Gasteiger partial charge in [-0.15, -0.1) is 0 Å². The number of barbiturate groups is 1. The van der Waals surface area contributed by atoms with Gasteiger partial charge in [0.15, 0.2) is 5.75 Å². The van der Waals surface area contributed by atoms with Crippen LogP contribution in [-0.4, -0.2) is 23.8 Å². The standard InChI is InChI=1S/C24H13Br2ClN2O5/c25-15-10-14(20(19(26)12-15)34-23(32)13-4-2-1-3-5-13)11-18-21(30)28-24(33)29(22(18)31)17-8-6-16(27)7-9-17/h1-12H,(H,28,30,33)/b18-11-. The molecular formula is C24H13Br2ClN2O5. The second-order valence-electron chi connectivity index (χ2n) is 7.00. The maximum absolute atomic E-state index is 13.2. The fourth-order valence-corrected chi connectivity index (χ4v) is 4.62. The number of imide groups is 2. The van der Waals surface area contributed by atoms with E-state index in [4.69, 9.17) is 16.3 Å². The van der Waals surface area contributed by atoms with E-state index in [1.54, 1.807) is 42.5 Å². The van der Waals surface area contributed by atoms with Crippen molar-refractivity contribution in [3.63, 3.8) is 0 Å².